The van der Waals surface area contributed by atoms with Gasteiger partial charge in [-0.25, -0.2) is 0 Å². The van der Waals surface area contributed by atoms with E-state index in [1.165, 1.54) is 38.9 Å². The number of rotatable bonds is 2. The van der Waals surface area contributed by atoms with Crippen LogP contribution < -0.4 is 4.74 Å². The number of benzene rings is 3. The lowest BCUT2D eigenvalue weighted by atomic mass is 9.96. The second-order valence-corrected chi connectivity index (χ2v) is 6.19. The van der Waals surface area contributed by atoms with Gasteiger partial charge < -0.3 is 9.30 Å². The Bertz CT molecular complexity index is 1060. The van der Waals surface area contributed by atoms with Crippen molar-refractivity contribution in [3.05, 3.63) is 78.4 Å². The minimum absolute atomic E-state index is 0.898. The van der Waals surface area contributed by atoms with Crippen LogP contribution in [0.25, 0.3) is 33.3 Å². The molecule has 0 fully saturated rings. The molecule has 0 unspecified atom stereocenters. The van der Waals surface area contributed by atoms with E-state index in [1.807, 2.05) is 0 Å². The van der Waals surface area contributed by atoms with E-state index in [0.717, 1.165) is 12.3 Å². The van der Waals surface area contributed by atoms with Gasteiger partial charge in [0.15, 0.2) is 0 Å². The minimum Gasteiger partial charge on any atom is -0.496 e. The summed E-state index contributed by atoms with van der Waals surface area (Å²) < 4.78 is 8.11. The highest BCUT2D eigenvalue weighted by molar-refractivity contribution is 6.06. The van der Waals surface area contributed by atoms with Crippen molar-refractivity contribution in [2.24, 2.45) is 0 Å². The molecule has 116 valence electrons. The summed E-state index contributed by atoms with van der Waals surface area (Å²) in [6.07, 6.45) is 0. The molecular weight excluding hydrogens is 294 g/mol. The number of hydrogen-bond acceptors (Lipinski definition) is 1. The summed E-state index contributed by atoms with van der Waals surface area (Å²) in [7, 11) is 1.75. The van der Waals surface area contributed by atoms with Crippen molar-refractivity contribution < 1.29 is 4.74 Å². The summed E-state index contributed by atoms with van der Waals surface area (Å²) in [6.45, 7) is 0.898. The van der Waals surface area contributed by atoms with E-state index < -0.39 is 0 Å². The summed E-state index contributed by atoms with van der Waals surface area (Å²) in [5, 5.41) is 1.30. The van der Waals surface area contributed by atoms with E-state index >= 15 is 0 Å². The van der Waals surface area contributed by atoms with Gasteiger partial charge in [0.25, 0.3) is 0 Å². The Labute approximate surface area is 140 Å². The normalized spacial score (nSPS) is 12.2. The molecule has 0 aliphatic carbocycles. The van der Waals surface area contributed by atoms with Crippen LogP contribution in [-0.2, 0) is 6.54 Å². The third kappa shape index (κ3) is 1.71. The minimum atomic E-state index is 0.898. The van der Waals surface area contributed by atoms with Crippen LogP contribution in [0.3, 0.4) is 0 Å². The lowest BCUT2D eigenvalue weighted by Crippen LogP contribution is -1.91. The second-order valence-electron chi connectivity index (χ2n) is 6.19. The summed E-state index contributed by atoms with van der Waals surface area (Å²) in [6, 6.07) is 25.7. The van der Waals surface area contributed by atoms with Crippen LogP contribution in [-0.4, -0.2) is 11.7 Å². The zero-order valence-corrected chi connectivity index (χ0v) is 13.5. The molecule has 1 aromatic heterocycles. The van der Waals surface area contributed by atoms with Gasteiger partial charge in [-0.1, -0.05) is 60.7 Å². The molecule has 2 heteroatoms. The Hall–Kier alpha value is -3.00. The van der Waals surface area contributed by atoms with Crippen LogP contribution in [0.1, 0.15) is 5.56 Å². The van der Waals surface area contributed by atoms with Crippen LogP contribution in [0.15, 0.2) is 72.8 Å². The highest BCUT2D eigenvalue weighted by atomic mass is 16.5. The lowest BCUT2D eigenvalue weighted by molar-refractivity contribution is 0.416. The molecule has 0 saturated heterocycles. The van der Waals surface area contributed by atoms with Crippen molar-refractivity contribution >= 4 is 10.9 Å². The molecule has 2 nitrogen and oxygen atoms in total. The van der Waals surface area contributed by atoms with E-state index in [0.29, 0.717) is 0 Å². The van der Waals surface area contributed by atoms with Gasteiger partial charge in [-0.15, -0.1) is 0 Å². The SMILES string of the molecule is COc1cccc2c1-c1c(-c3ccccc3)c3ccccc3n1C2. The van der Waals surface area contributed by atoms with E-state index in [2.05, 4.69) is 77.4 Å². The molecule has 0 bridgehead atoms. The smallest absolute Gasteiger partial charge is 0.128 e. The highest BCUT2D eigenvalue weighted by Gasteiger charge is 2.29. The first-order valence-corrected chi connectivity index (χ1v) is 8.21. The van der Waals surface area contributed by atoms with Gasteiger partial charge in [-0.2, -0.15) is 0 Å². The molecule has 0 amide bonds. The summed E-state index contributed by atoms with van der Waals surface area (Å²) >= 11 is 0. The van der Waals surface area contributed by atoms with E-state index in [-0.39, 0.29) is 0 Å². The van der Waals surface area contributed by atoms with Crippen molar-refractivity contribution in [2.75, 3.05) is 7.11 Å². The van der Waals surface area contributed by atoms with Crippen LogP contribution in [0.4, 0.5) is 0 Å². The maximum atomic E-state index is 5.69. The van der Waals surface area contributed by atoms with Crippen molar-refractivity contribution in [1.29, 1.82) is 0 Å². The molecule has 5 rings (SSSR count). The predicted molar refractivity (Wildman–Crippen MR) is 98.5 cm³/mol. The first-order chi connectivity index (χ1) is 11.9. The number of para-hydroxylation sites is 1. The molecule has 24 heavy (non-hydrogen) atoms. The summed E-state index contributed by atoms with van der Waals surface area (Å²) in [5.41, 5.74) is 7.66. The van der Waals surface area contributed by atoms with Gasteiger partial charge in [-0.3, -0.25) is 0 Å². The Kier molecular flexibility index (Phi) is 2.80. The quantitative estimate of drug-likeness (QED) is 0.429. The predicted octanol–water partition coefficient (Wildman–Crippen LogP) is 5.35. The van der Waals surface area contributed by atoms with Gasteiger partial charge in [0.05, 0.1) is 12.8 Å². The summed E-state index contributed by atoms with van der Waals surface area (Å²) in [4.78, 5) is 0. The number of aromatic nitrogens is 1. The lowest BCUT2D eigenvalue weighted by Gasteiger charge is -2.09. The van der Waals surface area contributed by atoms with E-state index in [9.17, 15) is 0 Å². The molecule has 4 aromatic rings. The molecule has 1 aliphatic rings. The van der Waals surface area contributed by atoms with Gasteiger partial charge in [-0.05, 0) is 23.3 Å². The fourth-order valence-corrected chi connectivity index (χ4v) is 3.94. The summed E-state index contributed by atoms with van der Waals surface area (Å²) in [5.74, 6) is 0.950. The van der Waals surface area contributed by atoms with Crippen molar-refractivity contribution in [3.8, 4) is 28.1 Å². The Balaban J connectivity index is 1.94. The maximum Gasteiger partial charge on any atom is 0.128 e. The molecule has 0 spiro atoms. The first kappa shape index (κ1) is 13.4. The Morgan fingerprint density at radius 2 is 1.58 bits per heavy atom. The van der Waals surface area contributed by atoms with E-state index in [1.54, 1.807) is 7.11 Å². The molecule has 0 radical (unpaired) electrons. The number of ether oxygens (including phenoxy) is 1. The third-order valence-corrected chi connectivity index (χ3v) is 4.93. The van der Waals surface area contributed by atoms with Crippen LogP contribution >= 0.6 is 0 Å². The standard InChI is InChI=1S/C22H17NO/c1-24-19-13-7-10-16-14-23-18-12-6-5-11-17(18)20(22(23)21(16)19)15-8-3-2-4-9-15/h2-13H,14H2,1H3. The molecular formula is C22H17NO. The van der Waals surface area contributed by atoms with Crippen LogP contribution in [0, 0.1) is 0 Å². The largest absolute Gasteiger partial charge is 0.496 e. The fourth-order valence-electron chi connectivity index (χ4n) is 3.94. The Morgan fingerprint density at radius 3 is 2.42 bits per heavy atom. The average Bonchev–Trinajstić information content (AvgIpc) is 3.17. The average molecular weight is 311 g/mol. The van der Waals surface area contributed by atoms with Crippen LogP contribution in [0.5, 0.6) is 5.75 Å². The van der Waals surface area contributed by atoms with E-state index in [4.69, 9.17) is 4.74 Å². The number of fused-ring (bicyclic) bond motifs is 5. The van der Waals surface area contributed by atoms with Crippen molar-refractivity contribution in [1.82, 2.24) is 4.57 Å². The fraction of sp³-hybridized carbons (Fsp3) is 0.0909. The highest BCUT2D eigenvalue weighted by Crippen LogP contribution is 2.49. The molecule has 2 heterocycles. The zero-order chi connectivity index (χ0) is 16.1. The molecule has 1 aliphatic heterocycles. The van der Waals surface area contributed by atoms with Crippen molar-refractivity contribution in [3.63, 3.8) is 0 Å². The third-order valence-electron chi connectivity index (χ3n) is 4.93. The first-order valence-electron chi connectivity index (χ1n) is 8.21. The number of nitrogens with zero attached hydrogens (tertiary/aromatic N) is 1. The zero-order valence-electron chi connectivity index (χ0n) is 13.5. The Morgan fingerprint density at radius 1 is 0.792 bits per heavy atom. The topological polar surface area (TPSA) is 14.2 Å². The van der Waals surface area contributed by atoms with Gasteiger partial charge in [0.2, 0.25) is 0 Å². The molecule has 0 saturated carbocycles. The van der Waals surface area contributed by atoms with Gasteiger partial charge >= 0.3 is 0 Å². The monoisotopic (exact) mass is 311 g/mol. The molecule has 0 N–H and O–H groups in total. The maximum absolute atomic E-state index is 5.69. The second kappa shape index (κ2) is 5.00. The van der Waals surface area contributed by atoms with Gasteiger partial charge in [0, 0.05) is 28.6 Å². The molecule has 0 atom stereocenters. The van der Waals surface area contributed by atoms with Crippen molar-refractivity contribution in [2.45, 2.75) is 6.54 Å². The molecule has 3 aromatic carbocycles. The number of hydrogen-bond donors (Lipinski definition) is 0. The van der Waals surface area contributed by atoms with Crippen LogP contribution in [0.2, 0.25) is 0 Å². The van der Waals surface area contributed by atoms with Gasteiger partial charge in [0.1, 0.15) is 5.75 Å². The number of methoxy groups -OCH3 is 1.